The molecule has 0 spiro atoms. The van der Waals surface area contributed by atoms with Gasteiger partial charge >= 0.3 is 5.97 Å². The number of β-lactam (4-membered cyclic amide) rings is 1. The Labute approximate surface area is 231 Å². The minimum atomic E-state index is -0.994. The number of nitrogen functional groups attached to an aromatic ring is 1. The number of Topliss-reactive ketones (excluding diaryl/α,β-unsaturated/α-hetero) is 1. The summed E-state index contributed by atoms with van der Waals surface area (Å²) in [6, 6.07) is 17.6. The van der Waals surface area contributed by atoms with Crippen LogP contribution >= 0.6 is 34.7 Å². The summed E-state index contributed by atoms with van der Waals surface area (Å²) in [6.07, 6.45) is -0.711. The van der Waals surface area contributed by atoms with E-state index in [4.69, 9.17) is 22.1 Å². The number of hydrogen-bond donors (Lipinski definition) is 2. The number of thiazole rings is 1. The lowest BCUT2D eigenvalue weighted by atomic mass is 10.0. The molecule has 3 heterocycles. The number of amides is 2. The van der Waals surface area contributed by atoms with Crippen LogP contribution in [0.1, 0.15) is 27.7 Å². The first-order valence-corrected chi connectivity index (χ1v) is 13.9. The zero-order valence-corrected chi connectivity index (χ0v) is 22.1. The van der Waals surface area contributed by atoms with E-state index in [0.717, 1.165) is 22.5 Å². The normalized spacial score (nSPS) is 18.6. The van der Waals surface area contributed by atoms with Crippen LogP contribution in [0.4, 0.5) is 5.13 Å². The molecule has 3 N–H and O–H groups in total. The summed E-state index contributed by atoms with van der Waals surface area (Å²) in [6.45, 7) is 0. The Morgan fingerprint density at radius 3 is 2.29 bits per heavy atom. The van der Waals surface area contributed by atoms with Crippen LogP contribution in [0.3, 0.4) is 0 Å². The van der Waals surface area contributed by atoms with Gasteiger partial charge in [0.15, 0.2) is 11.2 Å². The molecule has 2 aliphatic rings. The monoisotopic (exact) mass is 568 g/mol. The van der Waals surface area contributed by atoms with E-state index >= 15 is 0 Å². The highest BCUT2D eigenvalue weighted by atomic mass is 35.5. The fourth-order valence-electron chi connectivity index (χ4n) is 4.24. The van der Waals surface area contributed by atoms with E-state index in [2.05, 4.69) is 10.3 Å². The first kappa shape index (κ1) is 26.0. The molecule has 2 amide bonds. The number of carbonyl (C=O) groups excluding carboxylic acids is 4. The summed E-state index contributed by atoms with van der Waals surface area (Å²) in [5.74, 6) is -2.72. The topological polar surface area (TPSA) is 132 Å². The molecular formula is C26H21ClN4O5S2. The molecule has 2 aliphatic heterocycles. The molecule has 12 heteroatoms. The molecular weight excluding hydrogens is 548 g/mol. The largest absolute Gasteiger partial charge is 0.448 e. The number of anilines is 1. The van der Waals surface area contributed by atoms with Gasteiger partial charge in [-0.1, -0.05) is 60.7 Å². The Balaban J connectivity index is 1.36. The number of thioether (sulfide) groups is 1. The number of nitrogens with zero attached hydrogens (tertiary/aromatic N) is 2. The van der Waals surface area contributed by atoms with E-state index in [-0.39, 0.29) is 22.4 Å². The minimum Gasteiger partial charge on any atom is -0.448 e. The number of aromatic nitrogens is 1. The van der Waals surface area contributed by atoms with E-state index in [1.165, 1.54) is 22.0 Å². The molecule has 1 fully saturated rings. The first-order chi connectivity index (χ1) is 18.4. The molecule has 0 unspecified atom stereocenters. The highest BCUT2D eigenvalue weighted by molar-refractivity contribution is 8.00. The lowest BCUT2D eigenvalue weighted by molar-refractivity contribution is -0.154. The number of fused-ring (bicyclic) bond motifs is 1. The maximum atomic E-state index is 13.6. The molecule has 1 aromatic heterocycles. The molecule has 0 bridgehead atoms. The molecule has 3 aromatic rings. The lowest BCUT2D eigenvalue weighted by Crippen LogP contribution is -2.71. The SMILES string of the molecule is Nc1nc(C(=O)C(=O)N[C@H]2C(=O)N3C(C(=O)OC(c4ccccc4)c4ccccc4)=C(CCl)CS[C@@H]23)cs1. The highest BCUT2D eigenvalue weighted by Gasteiger charge is 2.55. The van der Waals surface area contributed by atoms with Crippen LogP contribution in [0.2, 0.25) is 0 Å². The molecule has 0 radical (unpaired) electrons. The van der Waals surface area contributed by atoms with Crippen LogP contribution in [0.25, 0.3) is 0 Å². The number of ether oxygens (including phenoxy) is 1. The third kappa shape index (κ3) is 4.92. The minimum absolute atomic E-state index is 0.0238. The zero-order chi connectivity index (χ0) is 26.8. The van der Waals surface area contributed by atoms with Gasteiger partial charge in [-0.25, -0.2) is 9.78 Å². The fraction of sp³-hybridized carbons (Fsp3) is 0.192. The molecule has 5 rings (SSSR count). The number of alkyl halides is 1. The van der Waals surface area contributed by atoms with Crippen molar-refractivity contribution in [2.75, 3.05) is 17.4 Å². The summed E-state index contributed by atoms with van der Waals surface area (Å²) in [5, 5.41) is 3.41. The maximum Gasteiger partial charge on any atom is 0.356 e. The summed E-state index contributed by atoms with van der Waals surface area (Å²) in [5.41, 5.74) is 7.60. The van der Waals surface area contributed by atoms with Gasteiger partial charge in [-0.15, -0.1) is 34.7 Å². The highest BCUT2D eigenvalue weighted by Crippen LogP contribution is 2.42. The summed E-state index contributed by atoms with van der Waals surface area (Å²) < 4.78 is 5.99. The van der Waals surface area contributed by atoms with Crippen LogP contribution in [0.15, 0.2) is 77.3 Å². The molecule has 38 heavy (non-hydrogen) atoms. The second-order valence-electron chi connectivity index (χ2n) is 8.45. The quantitative estimate of drug-likeness (QED) is 0.139. The van der Waals surface area contributed by atoms with Crippen molar-refractivity contribution in [3.05, 3.63) is 94.1 Å². The standard InChI is InChI=1S/C26H21ClN4O5S2/c27-11-16-12-37-24-18(30-22(33)20(32)17-13-38-26(28)29-17)23(34)31(24)19(16)25(35)36-21(14-7-3-1-4-8-14)15-9-5-2-6-10-15/h1-10,13,18,21,24H,11-12H2,(H2,28,29)(H,30,33)/t18-,24-/m0/s1. The summed E-state index contributed by atoms with van der Waals surface area (Å²) in [4.78, 5) is 56.8. The Hall–Kier alpha value is -3.67. The second-order valence-corrected chi connectivity index (χ2v) is 10.7. The molecule has 2 atom stereocenters. The Morgan fingerprint density at radius 2 is 1.74 bits per heavy atom. The van der Waals surface area contributed by atoms with E-state index in [1.807, 2.05) is 60.7 Å². The van der Waals surface area contributed by atoms with Crippen molar-refractivity contribution in [3.63, 3.8) is 0 Å². The van der Waals surface area contributed by atoms with Crippen molar-refractivity contribution in [3.8, 4) is 0 Å². The van der Waals surface area contributed by atoms with Gasteiger partial charge in [0.1, 0.15) is 22.8 Å². The van der Waals surface area contributed by atoms with Crippen LogP contribution in [-0.4, -0.2) is 56.5 Å². The Bertz CT molecular complexity index is 1390. The van der Waals surface area contributed by atoms with E-state index in [0.29, 0.717) is 11.3 Å². The first-order valence-electron chi connectivity index (χ1n) is 11.5. The smallest absolute Gasteiger partial charge is 0.356 e. The van der Waals surface area contributed by atoms with Crippen molar-refractivity contribution in [2.45, 2.75) is 17.5 Å². The third-order valence-corrected chi connectivity index (χ3v) is 8.41. The maximum absolute atomic E-state index is 13.6. The Morgan fingerprint density at radius 1 is 1.11 bits per heavy atom. The molecule has 0 saturated carbocycles. The number of ketones is 1. The average Bonchev–Trinajstić information content (AvgIpc) is 3.39. The number of nitrogens with two attached hydrogens (primary N) is 1. The van der Waals surface area contributed by atoms with Crippen molar-refractivity contribution in [1.29, 1.82) is 0 Å². The average molecular weight is 569 g/mol. The third-order valence-electron chi connectivity index (χ3n) is 6.08. The van der Waals surface area contributed by atoms with Crippen LogP contribution in [0, 0.1) is 0 Å². The summed E-state index contributed by atoms with van der Waals surface area (Å²) >= 11 is 8.53. The van der Waals surface area contributed by atoms with Gasteiger partial charge in [0.05, 0.1) is 0 Å². The molecule has 2 aromatic carbocycles. The van der Waals surface area contributed by atoms with Crippen LogP contribution in [0.5, 0.6) is 0 Å². The molecule has 1 saturated heterocycles. The number of halogens is 1. The zero-order valence-electron chi connectivity index (χ0n) is 19.7. The van der Waals surface area contributed by atoms with Crippen molar-refractivity contribution in [2.24, 2.45) is 0 Å². The Kier molecular flexibility index (Phi) is 7.50. The number of benzene rings is 2. The van der Waals surface area contributed by atoms with Crippen LogP contribution in [-0.2, 0) is 19.1 Å². The van der Waals surface area contributed by atoms with Gasteiger partial charge in [0, 0.05) is 17.0 Å². The predicted molar refractivity (Wildman–Crippen MR) is 144 cm³/mol. The van der Waals surface area contributed by atoms with Gasteiger partial charge in [-0.2, -0.15) is 0 Å². The van der Waals surface area contributed by atoms with Gasteiger partial charge < -0.3 is 15.8 Å². The van der Waals surface area contributed by atoms with Crippen molar-refractivity contribution >= 4 is 63.4 Å². The number of rotatable bonds is 8. The summed E-state index contributed by atoms with van der Waals surface area (Å²) in [7, 11) is 0. The lowest BCUT2D eigenvalue weighted by Gasteiger charge is -2.49. The van der Waals surface area contributed by atoms with E-state index in [9.17, 15) is 19.2 Å². The van der Waals surface area contributed by atoms with Gasteiger partial charge in [-0.05, 0) is 16.7 Å². The van der Waals surface area contributed by atoms with Crippen molar-refractivity contribution in [1.82, 2.24) is 15.2 Å². The fourth-order valence-corrected chi connectivity index (χ4v) is 6.46. The van der Waals surface area contributed by atoms with E-state index < -0.39 is 41.1 Å². The second kappa shape index (κ2) is 11.0. The van der Waals surface area contributed by atoms with Crippen molar-refractivity contribution < 1.29 is 23.9 Å². The molecule has 9 nitrogen and oxygen atoms in total. The van der Waals surface area contributed by atoms with Gasteiger partial charge in [-0.3, -0.25) is 19.3 Å². The number of hydrogen-bond acceptors (Lipinski definition) is 9. The molecule has 194 valence electrons. The predicted octanol–water partition coefficient (Wildman–Crippen LogP) is 3.13. The number of nitrogens with one attached hydrogen (secondary N) is 1. The van der Waals surface area contributed by atoms with Gasteiger partial charge in [0.2, 0.25) is 0 Å². The molecule has 0 aliphatic carbocycles. The number of esters is 1. The van der Waals surface area contributed by atoms with Crippen LogP contribution < -0.4 is 11.1 Å². The van der Waals surface area contributed by atoms with Gasteiger partial charge in [0.25, 0.3) is 17.6 Å². The van der Waals surface area contributed by atoms with E-state index in [1.54, 1.807) is 0 Å². The number of carbonyl (C=O) groups is 4.